The summed E-state index contributed by atoms with van der Waals surface area (Å²) < 4.78 is 7.49. The van der Waals surface area contributed by atoms with Crippen LogP contribution in [0.15, 0.2) is 59.6 Å². The van der Waals surface area contributed by atoms with Crippen LogP contribution in [-0.4, -0.2) is 54.0 Å². The van der Waals surface area contributed by atoms with Gasteiger partial charge in [-0.25, -0.2) is 4.68 Å². The molecule has 1 aliphatic heterocycles. The zero-order valence-electron chi connectivity index (χ0n) is 20.3. The molecule has 0 saturated carbocycles. The number of hydrogen-bond acceptors (Lipinski definition) is 4. The Balaban J connectivity index is 0.00000324. The Labute approximate surface area is 219 Å². The van der Waals surface area contributed by atoms with Crippen LogP contribution < -0.4 is 10.6 Å². The second-order valence-corrected chi connectivity index (χ2v) is 8.40. The van der Waals surface area contributed by atoms with E-state index >= 15 is 0 Å². The number of aliphatic imine (C=N–C) groups is 1. The average Bonchev–Trinajstić information content (AvgIpc) is 3.18. The van der Waals surface area contributed by atoms with E-state index in [1.54, 1.807) is 0 Å². The number of halogens is 1. The first-order chi connectivity index (χ1) is 16.1. The fourth-order valence-electron chi connectivity index (χ4n) is 4.20. The van der Waals surface area contributed by atoms with Gasteiger partial charge in [-0.15, -0.1) is 24.0 Å². The lowest BCUT2D eigenvalue weighted by atomic mass is 10.1. The van der Waals surface area contributed by atoms with Crippen LogP contribution in [0.1, 0.15) is 28.1 Å². The third kappa shape index (κ3) is 6.80. The minimum atomic E-state index is 0. The van der Waals surface area contributed by atoms with Crippen molar-refractivity contribution in [2.75, 3.05) is 33.4 Å². The maximum Gasteiger partial charge on any atom is 0.191 e. The second kappa shape index (κ2) is 12.9. The molecule has 0 radical (unpaired) electrons. The summed E-state index contributed by atoms with van der Waals surface area (Å²) >= 11 is 0. The summed E-state index contributed by atoms with van der Waals surface area (Å²) in [5.74, 6) is 0.777. The third-order valence-corrected chi connectivity index (χ3v) is 5.96. The van der Waals surface area contributed by atoms with Crippen molar-refractivity contribution >= 4 is 29.9 Å². The quantitative estimate of drug-likeness (QED) is 0.256. The van der Waals surface area contributed by atoms with E-state index in [1.165, 1.54) is 16.7 Å². The normalized spacial score (nSPS) is 14.5. The lowest BCUT2D eigenvalue weighted by molar-refractivity contribution is 0.0341. The molecule has 3 aromatic rings. The van der Waals surface area contributed by atoms with E-state index in [-0.39, 0.29) is 24.0 Å². The number of ether oxygens (including phenoxy) is 1. The van der Waals surface area contributed by atoms with Crippen molar-refractivity contribution in [2.45, 2.75) is 33.5 Å². The molecule has 0 spiro atoms. The van der Waals surface area contributed by atoms with Crippen LogP contribution >= 0.6 is 24.0 Å². The maximum absolute atomic E-state index is 5.49. The van der Waals surface area contributed by atoms with Crippen LogP contribution in [0.25, 0.3) is 5.69 Å². The number of nitrogens with one attached hydrogen (secondary N) is 2. The SMILES string of the molecule is CN=C(NCc1ccccc1CN1CCOCC1)NCc1ccccc1-n1nc(C)cc1C.I. The maximum atomic E-state index is 5.49. The van der Waals surface area contributed by atoms with Gasteiger partial charge in [0.1, 0.15) is 0 Å². The van der Waals surface area contributed by atoms with Crippen molar-refractivity contribution in [2.24, 2.45) is 4.99 Å². The Kier molecular flexibility index (Phi) is 9.91. The van der Waals surface area contributed by atoms with Gasteiger partial charge in [0.25, 0.3) is 0 Å². The van der Waals surface area contributed by atoms with Crippen molar-refractivity contribution in [3.8, 4) is 5.69 Å². The Morgan fingerprint density at radius 1 is 0.941 bits per heavy atom. The standard InChI is InChI=1S/C26H34N6O.HI/c1-20-16-21(2)32(30-20)25-11-7-6-9-23(25)18-29-26(27-3)28-17-22-8-4-5-10-24(22)19-31-12-14-33-15-13-31;/h4-11,16H,12-15,17-19H2,1-3H3,(H2,27,28,29);1H. The van der Waals surface area contributed by atoms with E-state index in [9.17, 15) is 0 Å². The highest BCUT2D eigenvalue weighted by molar-refractivity contribution is 14.0. The van der Waals surface area contributed by atoms with Gasteiger partial charge in [-0.2, -0.15) is 5.10 Å². The van der Waals surface area contributed by atoms with E-state index < -0.39 is 0 Å². The summed E-state index contributed by atoms with van der Waals surface area (Å²) in [6.07, 6.45) is 0. The van der Waals surface area contributed by atoms with E-state index in [4.69, 9.17) is 4.74 Å². The van der Waals surface area contributed by atoms with Crippen molar-refractivity contribution in [1.29, 1.82) is 0 Å². The molecule has 2 heterocycles. The zero-order valence-corrected chi connectivity index (χ0v) is 22.6. The van der Waals surface area contributed by atoms with Crippen LogP contribution in [0.3, 0.4) is 0 Å². The molecule has 0 aliphatic carbocycles. The molecule has 7 nitrogen and oxygen atoms in total. The summed E-state index contributed by atoms with van der Waals surface area (Å²) in [5, 5.41) is 11.6. The van der Waals surface area contributed by atoms with Crippen LogP contribution in [0.4, 0.5) is 0 Å². The second-order valence-electron chi connectivity index (χ2n) is 8.40. The van der Waals surface area contributed by atoms with Gasteiger partial charge in [0.05, 0.1) is 24.6 Å². The minimum absolute atomic E-state index is 0. The predicted molar refractivity (Wildman–Crippen MR) is 148 cm³/mol. The van der Waals surface area contributed by atoms with Gasteiger partial charge >= 0.3 is 0 Å². The Bertz CT molecular complexity index is 1090. The molecule has 0 amide bonds. The van der Waals surface area contributed by atoms with Crippen LogP contribution in [0.5, 0.6) is 0 Å². The molecule has 4 rings (SSSR count). The molecule has 1 aliphatic rings. The van der Waals surface area contributed by atoms with Gasteiger partial charge in [-0.05, 0) is 42.7 Å². The number of nitrogens with zero attached hydrogens (tertiary/aromatic N) is 4. The molecule has 2 aromatic carbocycles. The zero-order chi connectivity index (χ0) is 23.0. The number of benzene rings is 2. The van der Waals surface area contributed by atoms with Crippen molar-refractivity contribution < 1.29 is 4.74 Å². The molecular weight excluding hydrogens is 539 g/mol. The highest BCUT2D eigenvalue weighted by Gasteiger charge is 2.13. The van der Waals surface area contributed by atoms with Crippen molar-refractivity contribution in [3.05, 3.63) is 82.7 Å². The molecule has 1 fully saturated rings. The molecular formula is C26H35IN6O. The summed E-state index contributed by atoms with van der Waals surface area (Å²) in [5.41, 5.74) is 7.02. The van der Waals surface area contributed by atoms with Gasteiger partial charge < -0.3 is 15.4 Å². The Hall–Kier alpha value is -2.43. The number of aryl methyl sites for hydroxylation is 2. The summed E-state index contributed by atoms with van der Waals surface area (Å²) in [4.78, 5) is 6.88. The molecule has 1 saturated heterocycles. The lowest BCUT2D eigenvalue weighted by Crippen LogP contribution is -2.37. The molecule has 8 heteroatoms. The molecule has 34 heavy (non-hydrogen) atoms. The van der Waals surface area contributed by atoms with Gasteiger partial charge in [0.15, 0.2) is 5.96 Å². The first kappa shape index (κ1) is 26.2. The van der Waals surface area contributed by atoms with E-state index in [1.807, 2.05) is 24.7 Å². The number of morpholine rings is 1. The molecule has 0 unspecified atom stereocenters. The number of aromatic nitrogens is 2. The van der Waals surface area contributed by atoms with Gasteiger partial charge in [0, 0.05) is 45.5 Å². The summed E-state index contributed by atoms with van der Waals surface area (Å²) in [7, 11) is 1.81. The average molecular weight is 575 g/mol. The Morgan fingerprint density at radius 2 is 1.56 bits per heavy atom. The van der Waals surface area contributed by atoms with Gasteiger partial charge in [0.2, 0.25) is 0 Å². The number of guanidine groups is 1. The first-order valence-corrected chi connectivity index (χ1v) is 11.6. The van der Waals surface area contributed by atoms with Crippen molar-refractivity contribution in [3.63, 3.8) is 0 Å². The van der Waals surface area contributed by atoms with Crippen LogP contribution in [0.2, 0.25) is 0 Å². The first-order valence-electron chi connectivity index (χ1n) is 11.6. The molecule has 182 valence electrons. The van der Waals surface area contributed by atoms with Crippen LogP contribution in [0, 0.1) is 13.8 Å². The van der Waals surface area contributed by atoms with E-state index in [2.05, 4.69) is 81.1 Å². The number of hydrogen-bond donors (Lipinski definition) is 2. The van der Waals surface area contributed by atoms with Gasteiger partial charge in [-0.1, -0.05) is 42.5 Å². The minimum Gasteiger partial charge on any atom is -0.379 e. The van der Waals surface area contributed by atoms with Crippen molar-refractivity contribution in [1.82, 2.24) is 25.3 Å². The highest BCUT2D eigenvalue weighted by atomic mass is 127. The fourth-order valence-corrected chi connectivity index (χ4v) is 4.20. The summed E-state index contributed by atoms with van der Waals surface area (Å²) in [6, 6.07) is 19.1. The molecule has 0 atom stereocenters. The molecule has 0 bridgehead atoms. The van der Waals surface area contributed by atoms with E-state index in [0.717, 1.165) is 62.4 Å². The molecule has 1 aromatic heterocycles. The Morgan fingerprint density at radius 3 is 2.21 bits per heavy atom. The van der Waals surface area contributed by atoms with Crippen LogP contribution in [-0.2, 0) is 24.4 Å². The number of rotatable bonds is 7. The summed E-state index contributed by atoms with van der Waals surface area (Å²) in [6.45, 7) is 10.0. The fraction of sp³-hybridized carbons (Fsp3) is 0.385. The third-order valence-electron chi connectivity index (χ3n) is 5.96. The molecule has 2 N–H and O–H groups in total. The topological polar surface area (TPSA) is 66.7 Å². The monoisotopic (exact) mass is 574 g/mol. The highest BCUT2D eigenvalue weighted by Crippen LogP contribution is 2.17. The largest absolute Gasteiger partial charge is 0.379 e. The lowest BCUT2D eigenvalue weighted by Gasteiger charge is -2.27. The van der Waals surface area contributed by atoms with E-state index in [0.29, 0.717) is 6.54 Å². The smallest absolute Gasteiger partial charge is 0.191 e. The number of para-hydroxylation sites is 1. The van der Waals surface area contributed by atoms with Gasteiger partial charge in [-0.3, -0.25) is 9.89 Å². The predicted octanol–water partition coefficient (Wildman–Crippen LogP) is 3.80.